The molecule has 0 spiro atoms. The summed E-state index contributed by atoms with van der Waals surface area (Å²) in [5.74, 6) is -1.48. The molecule has 0 N–H and O–H groups in total. The largest absolute Gasteiger partial charge is 0.858 e. The normalized spacial score (nSPS) is 13.8. The SMILES string of the molecule is O=S(=O)(/N=C(\[O-])c1ccccc1Br)C(F)(F)F. The lowest BCUT2D eigenvalue weighted by molar-refractivity contribution is -0.212. The molecule has 0 amide bonds. The Labute approximate surface area is 103 Å². The lowest BCUT2D eigenvalue weighted by Gasteiger charge is -2.13. The molecule has 0 aromatic heterocycles. The van der Waals surface area contributed by atoms with E-state index in [1.54, 1.807) is 0 Å². The summed E-state index contributed by atoms with van der Waals surface area (Å²) < 4.78 is 59.5. The van der Waals surface area contributed by atoms with Gasteiger partial charge in [0.1, 0.15) is 0 Å². The van der Waals surface area contributed by atoms with Crippen LogP contribution in [0.15, 0.2) is 33.1 Å². The molecule has 1 rings (SSSR count). The molecule has 1 aromatic carbocycles. The molecule has 0 fully saturated rings. The molecule has 17 heavy (non-hydrogen) atoms. The fourth-order valence-corrected chi connectivity index (χ4v) is 1.72. The molecular weight excluding hydrogens is 327 g/mol. The summed E-state index contributed by atoms with van der Waals surface area (Å²) in [6.07, 6.45) is 0. The predicted molar refractivity (Wildman–Crippen MR) is 55.7 cm³/mol. The minimum Gasteiger partial charge on any atom is -0.858 e. The molecule has 4 nitrogen and oxygen atoms in total. The van der Waals surface area contributed by atoms with Crippen molar-refractivity contribution in [1.29, 1.82) is 0 Å². The van der Waals surface area contributed by atoms with E-state index in [1.807, 2.05) is 0 Å². The highest BCUT2D eigenvalue weighted by Crippen LogP contribution is 2.25. The molecule has 0 saturated carbocycles. The summed E-state index contributed by atoms with van der Waals surface area (Å²) in [5.41, 5.74) is -5.84. The zero-order valence-electron chi connectivity index (χ0n) is 7.90. The van der Waals surface area contributed by atoms with Crippen LogP contribution in [0.2, 0.25) is 0 Å². The third kappa shape index (κ3) is 3.19. The number of rotatable bonds is 2. The number of nitrogens with zero attached hydrogens (tertiary/aromatic N) is 1. The Hall–Kier alpha value is -1.09. The molecular formula is C8H4BrF3NO3S-. The fraction of sp³-hybridized carbons (Fsp3) is 0.125. The van der Waals surface area contributed by atoms with E-state index in [0.29, 0.717) is 0 Å². The molecule has 94 valence electrons. The van der Waals surface area contributed by atoms with Gasteiger partial charge >= 0.3 is 15.5 Å². The first-order chi connectivity index (χ1) is 7.65. The van der Waals surface area contributed by atoms with Crippen molar-refractivity contribution < 1.29 is 26.7 Å². The average molecular weight is 331 g/mol. The van der Waals surface area contributed by atoms with Gasteiger partial charge in [0.05, 0.1) is 0 Å². The van der Waals surface area contributed by atoms with E-state index >= 15 is 0 Å². The summed E-state index contributed by atoms with van der Waals surface area (Å²) in [6.45, 7) is 0. The summed E-state index contributed by atoms with van der Waals surface area (Å²) in [6, 6.07) is 5.41. The molecule has 0 atom stereocenters. The highest BCUT2D eigenvalue weighted by atomic mass is 79.9. The van der Waals surface area contributed by atoms with Crippen LogP contribution in [0.25, 0.3) is 0 Å². The van der Waals surface area contributed by atoms with Crippen LogP contribution in [-0.2, 0) is 10.0 Å². The van der Waals surface area contributed by atoms with Crippen molar-refractivity contribution >= 4 is 31.9 Å². The van der Waals surface area contributed by atoms with E-state index in [2.05, 4.69) is 20.3 Å². The maximum absolute atomic E-state index is 12.0. The van der Waals surface area contributed by atoms with Crippen LogP contribution < -0.4 is 5.11 Å². The van der Waals surface area contributed by atoms with Gasteiger partial charge < -0.3 is 5.11 Å². The molecule has 0 aliphatic heterocycles. The first kappa shape index (κ1) is 14.0. The highest BCUT2D eigenvalue weighted by Gasteiger charge is 2.45. The van der Waals surface area contributed by atoms with Crippen LogP contribution in [0.1, 0.15) is 5.56 Å². The monoisotopic (exact) mass is 330 g/mol. The van der Waals surface area contributed by atoms with Crippen LogP contribution in [0.3, 0.4) is 0 Å². The zero-order valence-corrected chi connectivity index (χ0v) is 10.3. The average Bonchev–Trinajstić information content (AvgIpc) is 2.15. The van der Waals surface area contributed by atoms with Crippen molar-refractivity contribution in [1.82, 2.24) is 0 Å². The maximum atomic E-state index is 12.0. The maximum Gasteiger partial charge on any atom is 0.518 e. The van der Waals surface area contributed by atoms with E-state index < -0.39 is 21.4 Å². The van der Waals surface area contributed by atoms with E-state index in [9.17, 15) is 26.7 Å². The van der Waals surface area contributed by atoms with Crippen LogP contribution in [0, 0.1) is 0 Å². The Kier molecular flexibility index (Phi) is 3.82. The molecule has 9 heteroatoms. The van der Waals surface area contributed by atoms with Gasteiger partial charge in [0.25, 0.3) is 0 Å². The van der Waals surface area contributed by atoms with Crippen molar-refractivity contribution in [2.24, 2.45) is 4.40 Å². The molecule has 1 aromatic rings. The van der Waals surface area contributed by atoms with E-state index in [4.69, 9.17) is 0 Å². The van der Waals surface area contributed by atoms with Gasteiger partial charge in [-0.05, 0) is 6.07 Å². The standard InChI is InChI=1S/C8H5BrF3NO3S/c9-6-4-2-1-3-5(6)7(14)13-17(15,16)8(10,11)12/h1-4H,(H,13,14)/p-1. The zero-order chi connectivity index (χ0) is 13.3. The highest BCUT2D eigenvalue weighted by molar-refractivity contribution is 9.10. The van der Waals surface area contributed by atoms with Gasteiger partial charge in [-0.2, -0.15) is 26.0 Å². The quantitative estimate of drug-likeness (QED) is 0.608. The first-order valence-corrected chi connectivity index (χ1v) is 6.21. The van der Waals surface area contributed by atoms with Crippen LogP contribution in [0.4, 0.5) is 13.2 Å². The number of hydrogen-bond donors (Lipinski definition) is 0. The Morgan fingerprint density at radius 3 is 2.29 bits per heavy atom. The lowest BCUT2D eigenvalue weighted by Crippen LogP contribution is -2.27. The van der Waals surface area contributed by atoms with Gasteiger partial charge in [-0.15, -0.1) is 0 Å². The van der Waals surface area contributed by atoms with Gasteiger partial charge in [-0.25, -0.2) is 0 Å². The van der Waals surface area contributed by atoms with Crippen molar-refractivity contribution in [3.8, 4) is 0 Å². The lowest BCUT2D eigenvalue weighted by atomic mass is 10.2. The summed E-state index contributed by atoms with van der Waals surface area (Å²) >= 11 is 2.90. The molecule has 0 aliphatic carbocycles. The number of benzene rings is 1. The molecule has 0 heterocycles. The van der Waals surface area contributed by atoms with Gasteiger partial charge in [-0.3, -0.25) is 0 Å². The summed E-state index contributed by atoms with van der Waals surface area (Å²) in [7, 11) is -5.81. The van der Waals surface area contributed by atoms with E-state index in [0.717, 1.165) is 6.07 Å². The van der Waals surface area contributed by atoms with E-state index in [-0.39, 0.29) is 10.0 Å². The molecule has 0 saturated heterocycles. The van der Waals surface area contributed by atoms with Gasteiger partial charge in [0.15, 0.2) is 0 Å². The number of hydrogen-bond acceptors (Lipinski definition) is 3. The molecule has 0 radical (unpaired) electrons. The number of sulfonamides is 1. The fourth-order valence-electron chi connectivity index (χ4n) is 0.845. The summed E-state index contributed by atoms with van der Waals surface area (Å²) in [4.78, 5) is 0. The third-order valence-corrected chi connectivity index (χ3v) is 3.28. The van der Waals surface area contributed by atoms with Crippen LogP contribution in [0.5, 0.6) is 0 Å². The van der Waals surface area contributed by atoms with Gasteiger partial charge in [-0.1, -0.05) is 34.1 Å². The van der Waals surface area contributed by atoms with Crippen molar-refractivity contribution in [3.63, 3.8) is 0 Å². The van der Waals surface area contributed by atoms with Crippen molar-refractivity contribution in [3.05, 3.63) is 34.3 Å². The van der Waals surface area contributed by atoms with Gasteiger partial charge in [0, 0.05) is 15.9 Å². The molecule has 0 bridgehead atoms. The van der Waals surface area contributed by atoms with Crippen molar-refractivity contribution in [2.75, 3.05) is 0 Å². The Morgan fingerprint density at radius 2 is 1.82 bits per heavy atom. The van der Waals surface area contributed by atoms with Crippen LogP contribution >= 0.6 is 15.9 Å². The second-order valence-corrected chi connectivity index (χ2v) is 5.25. The first-order valence-electron chi connectivity index (χ1n) is 3.98. The Balaban J connectivity index is 3.24. The Morgan fingerprint density at radius 1 is 1.29 bits per heavy atom. The number of halogens is 4. The second kappa shape index (κ2) is 4.65. The molecule has 0 aliphatic rings. The second-order valence-electron chi connectivity index (χ2n) is 2.80. The van der Waals surface area contributed by atoms with Crippen LogP contribution in [-0.4, -0.2) is 19.8 Å². The smallest absolute Gasteiger partial charge is 0.518 e. The minimum atomic E-state index is -5.81. The topological polar surface area (TPSA) is 69.6 Å². The third-order valence-electron chi connectivity index (χ3n) is 1.60. The predicted octanol–water partition coefficient (Wildman–Crippen LogP) is 1.41. The Bertz CT molecular complexity index is 553. The number of alkyl halides is 3. The minimum absolute atomic E-state index is 0.158. The molecule has 0 unspecified atom stereocenters. The summed E-state index contributed by atoms with van der Waals surface area (Å²) in [5, 5.41) is 11.3. The van der Waals surface area contributed by atoms with E-state index in [1.165, 1.54) is 18.2 Å². The van der Waals surface area contributed by atoms with Crippen molar-refractivity contribution in [2.45, 2.75) is 5.51 Å². The van der Waals surface area contributed by atoms with Gasteiger partial charge in [0.2, 0.25) is 0 Å².